The van der Waals surface area contributed by atoms with Crippen LogP contribution in [0.4, 0.5) is 5.82 Å². The monoisotopic (exact) mass is 307 g/mol. The lowest BCUT2D eigenvalue weighted by Crippen LogP contribution is -2.18. The molecule has 0 fully saturated rings. The van der Waals surface area contributed by atoms with E-state index in [0.29, 0.717) is 18.0 Å². The third kappa shape index (κ3) is 2.42. The molecule has 20 heavy (non-hydrogen) atoms. The number of nitrogens with zero attached hydrogens (tertiary/aromatic N) is 4. The zero-order valence-electron chi connectivity index (χ0n) is 10.6. The minimum Gasteiger partial charge on any atom is -0.353 e. The molecule has 1 aromatic carbocycles. The summed E-state index contributed by atoms with van der Waals surface area (Å²) in [6.45, 7) is 0.612. The molecule has 5 nitrogen and oxygen atoms in total. The van der Waals surface area contributed by atoms with Crippen LogP contribution in [0.2, 0.25) is 10.3 Å². The number of aromatic amines is 1. The van der Waals surface area contributed by atoms with Crippen molar-refractivity contribution in [1.82, 2.24) is 19.9 Å². The molecule has 0 aliphatic carbocycles. The highest BCUT2D eigenvalue weighted by molar-refractivity contribution is 6.31. The van der Waals surface area contributed by atoms with Gasteiger partial charge in [-0.15, -0.1) is 0 Å². The third-order valence-electron chi connectivity index (χ3n) is 2.97. The van der Waals surface area contributed by atoms with E-state index in [1.165, 1.54) is 0 Å². The first-order valence-corrected chi connectivity index (χ1v) is 6.72. The first kappa shape index (κ1) is 13.1. The zero-order chi connectivity index (χ0) is 14.1. The summed E-state index contributed by atoms with van der Waals surface area (Å²) in [6.07, 6.45) is 1.57. The molecule has 2 aromatic heterocycles. The minimum absolute atomic E-state index is 0.172. The van der Waals surface area contributed by atoms with Crippen LogP contribution in [0.5, 0.6) is 0 Å². The fourth-order valence-corrected chi connectivity index (χ4v) is 2.38. The number of fused-ring (bicyclic) bond motifs is 1. The van der Waals surface area contributed by atoms with E-state index in [4.69, 9.17) is 23.2 Å². The van der Waals surface area contributed by atoms with Crippen LogP contribution in [-0.2, 0) is 6.54 Å². The van der Waals surface area contributed by atoms with E-state index < -0.39 is 0 Å². The Bertz CT molecular complexity index is 755. The molecule has 1 N–H and O–H groups in total. The number of nitrogens with one attached hydrogen (secondary N) is 1. The number of halogens is 2. The molecule has 3 aromatic rings. The van der Waals surface area contributed by atoms with Gasteiger partial charge in [-0.25, -0.2) is 4.98 Å². The van der Waals surface area contributed by atoms with Gasteiger partial charge in [0.05, 0.1) is 6.33 Å². The number of anilines is 1. The van der Waals surface area contributed by atoms with Crippen molar-refractivity contribution in [2.24, 2.45) is 0 Å². The van der Waals surface area contributed by atoms with Crippen LogP contribution in [0, 0.1) is 0 Å². The molecule has 0 aliphatic heterocycles. The number of rotatable bonds is 3. The topological polar surface area (TPSA) is 57.7 Å². The normalized spacial score (nSPS) is 10.9. The van der Waals surface area contributed by atoms with E-state index >= 15 is 0 Å². The molecule has 0 aliphatic rings. The van der Waals surface area contributed by atoms with Crippen LogP contribution in [-0.4, -0.2) is 27.0 Å². The van der Waals surface area contributed by atoms with Gasteiger partial charge in [-0.1, -0.05) is 29.8 Å². The molecule has 0 unspecified atom stereocenters. The number of hydrogen-bond acceptors (Lipinski definition) is 4. The maximum absolute atomic E-state index is 6.18. The second kappa shape index (κ2) is 5.26. The Balaban J connectivity index is 1.98. The lowest BCUT2D eigenvalue weighted by molar-refractivity contribution is 0.898. The molecule has 0 bridgehead atoms. The second-order valence-corrected chi connectivity index (χ2v) is 5.11. The predicted octanol–water partition coefficient (Wildman–Crippen LogP) is 3.30. The van der Waals surface area contributed by atoms with Gasteiger partial charge in [0.1, 0.15) is 5.52 Å². The molecule has 0 amide bonds. The smallest absolute Gasteiger partial charge is 0.226 e. The van der Waals surface area contributed by atoms with Gasteiger partial charge in [-0.3, -0.25) is 0 Å². The number of aromatic nitrogens is 4. The van der Waals surface area contributed by atoms with Crippen molar-refractivity contribution in [2.45, 2.75) is 6.54 Å². The van der Waals surface area contributed by atoms with Crippen LogP contribution < -0.4 is 4.90 Å². The number of H-pyrrole nitrogens is 1. The van der Waals surface area contributed by atoms with Crippen LogP contribution in [0.1, 0.15) is 5.56 Å². The Morgan fingerprint density at radius 2 is 2.00 bits per heavy atom. The molecule has 7 heteroatoms. The fraction of sp³-hybridized carbons (Fsp3) is 0.154. The van der Waals surface area contributed by atoms with Crippen molar-refractivity contribution in [2.75, 3.05) is 11.9 Å². The zero-order valence-corrected chi connectivity index (χ0v) is 12.2. The molecule has 0 radical (unpaired) electrons. The maximum atomic E-state index is 6.18. The van der Waals surface area contributed by atoms with Crippen LogP contribution in [0.15, 0.2) is 30.6 Å². The van der Waals surface area contributed by atoms with Crippen LogP contribution in [0.25, 0.3) is 11.2 Å². The standard InChI is InChI=1S/C13H11Cl2N5/c1-20(6-8-4-2-3-5-9(8)14)12-10-11(17-7-16-10)18-13(15)19-12/h2-5,7H,6H2,1H3,(H,16,17,18,19). The van der Waals surface area contributed by atoms with Crippen molar-refractivity contribution >= 4 is 40.2 Å². The SMILES string of the molecule is CN(Cc1ccccc1Cl)c1nc(Cl)nc2nc[nH]c12. The number of imidazole rings is 1. The summed E-state index contributed by atoms with van der Waals surface area (Å²) in [5.41, 5.74) is 2.31. The predicted molar refractivity (Wildman–Crippen MR) is 80.3 cm³/mol. The van der Waals surface area contributed by atoms with Crippen molar-refractivity contribution in [3.05, 3.63) is 46.5 Å². The Kier molecular flexibility index (Phi) is 3.46. The Morgan fingerprint density at radius 1 is 1.20 bits per heavy atom. The van der Waals surface area contributed by atoms with Crippen molar-refractivity contribution in [3.8, 4) is 0 Å². The molecule has 3 rings (SSSR count). The molecule has 0 atom stereocenters. The van der Waals surface area contributed by atoms with Gasteiger partial charge < -0.3 is 9.88 Å². The first-order valence-electron chi connectivity index (χ1n) is 5.96. The van der Waals surface area contributed by atoms with E-state index in [9.17, 15) is 0 Å². The van der Waals surface area contributed by atoms with Gasteiger partial charge in [0.25, 0.3) is 0 Å². The van der Waals surface area contributed by atoms with Crippen molar-refractivity contribution in [1.29, 1.82) is 0 Å². The van der Waals surface area contributed by atoms with Gasteiger partial charge in [-0.2, -0.15) is 9.97 Å². The van der Waals surface area contributed by atoms with Crippen LogP contribution >= 0.6 is 23.2 Å². The van der Waals surface area contributed by atoms with Crippen LogP contribution in [0.3, 0.4) is 0 Å². The van der Waals surface area contributed by atoms with E-state index in [1.807, 2.05) is 36.2 Å². The molecule has 0 spiro atoms. The summed E-state index contributed by atoms with van der Waals surface area (Å²) < 4.78 is 0. The Hall–Kier alpha value is -1.85. The fourth-order valence-electron chi connectivity index (χ4n) is 2.03. The van der Waals surface area contributed by atoms with Gasteiger partial charge in [-0.05, 0) is 23.2 Å². The quantitative estimate of drug-likeness (QED) is 0.754. The average molecular weight is 308 g/mol. The highest BCUT2D eigenvalue weighted by Crippen LogP contribution is 2.24. The maximum Gasteiger partial charge on any atom is 0.226 e. The largest absolute Gasteiger partial charge is 0.353 e. The highest BCUT2D eigenvalue weighted by atomic mass is 35.5. The minimum atomic E-state index is 0.172. The Morgan fingerprint density at radius 3 is 2.80 bits per heavy atom. The first-order chi connectivity index (χ1) is 9.65. The van der Waals surface area contributed by atoms with Crippen molar-refractivity contribution < 1.29 is 0 Å². The Labute approximate surface area is 125 Å². The van der Waals surface area contributed by atoms with Gasteiger partial charge in [0, 0.05) is 18.6 Å². The number of hydrogen-bond donors (Lipinski definition) is 1. The highest BCUT2D eigenvalue weighted by Gasteiger charge is 2.14. The van der Waals surface area contributed by atoms with Gasteiger partial charge in [0.2, 0.25) is 5.28 Å². The summed E-state index contributed by atoms with van der Waals surface area (Å²) in [6, 6.07) is 7.70. The molecular formula is C13H11Cl2N5. The van der Waals surface area contributed by atoms with Gasteiger partial charge >= 0.3 is 0 Å². The van der Waals surface area contributed by atoms with E-state index in [0.717, 1.165) is 16.1 Å². The summed E-state index contributed by atoms with van der Waals surface area (Å²) in [5, 5.41) is 0.894. The van der Waals surface area contributed by atoms with E-state index in [2.05, 4.69) is 19.9 Å². The van der Waals surface area contributed by atoms with Crippen molar-refractivity contribution in [3.63, 3.8) is 0 Å². The summed E-state index contributed by atoms with van der Waals surface area (Å²) >= 11 is 12.1. The molecule has 102 valence electrons. The van der Waals surface area contributed by atoms with E-state index in [-0.39, 0.29) is 5.28 Å². The second-order valence-electron chi connectivity index (χ2n) is 4.36. The third-order valence-corrected chi connectivity index (χ3v) is 3.50. The molecule has 0 saturated carbocycles. The lowest BCUT2D eigenvalue weighted by Gasteiger charge is -2.19. The molecular weight excluding hydrogens is 297 g/mol. The lowest BCUT2D eigenvalue weighted by atomic mass is 10.2. The molecule has 0 saturated heterocycles. The summed E-state index contributed by atoms with van der Waals surface area (Å²) in [7, 11) is 1.92. The van der Waals surface area contributed by atoms with E-state index in [1.54, 1.807) is 6.33 Å². The van der Waals surface area contributed by atoms with Gasteiger partial charge in [0.15, 0.2) is 11.5 Å². The number of benzene rings is 1. The average Bonchev–Trinajstić information content (AvgIpc) is 2.88. The molecule has 2 heterocycles. The summed E-state index contributed by atoms with van der Waals surface area (Å²) in [4.78, 5) is 17.4. The summed E-state index contributed by atoms with van der Waals surface area (Å²) in [5.74, 6) is 0.692.